The lowest BCUT2D eigenvalue weighted by Crippen LogP contribution is -2.25. The molecule has 0 bridgehead atoms. The van der Waals surface area contributed by atoms with E-state index in [1.54, 1.807) is 16.7 Å². The molecule has 3 aromatic carbocycles. The average molecular weight is 373 g/mol. The highest BCUT2D eigenvalue weighted by Crippen LogP contribution is 2.48. The van der Waals surface area contributed by atoms with Crippen molar-refractivity contribution >= 4 is 17.6 Å². The zero-order valence-electron chi connectivity index (χ0n) is 15.7. The maximum atomic E-state index is 8.09. The van der Waals surface area contributed by atoms with Crippen molar-refractivity contribution in [1.29, 1.82) is 5.41 Å². The first-order valence-corrected chi connectivity index (χ1v) is 9.79. The topological polar surface area (TPSA) is 27.1 Å². The third-order valence-corrected chi connectivity index (χ3v) is 5.83. The minimum absolute atomic E-state index is 0.382. The SMILES string of the molecule is CN(C)C(=N)/C=C/SC(c1ccccc1)(c1ccccc1)c1ccccc1. The lowest BCUT2D eigenvalue weighted by Gasteiger charge is -2.34. The normalized spacial score (nSPS) is 11.5. The third kappa shape index (κ3) is 4.15. The molecule has 0 heterocycles. The summed E-state index contributed by atoms with van der Waals surface area (Å²) in [5, 5.41) is 10.1. The Morgan fingerprint density at radius 3 is 1.44 bits per heavy atom. The molecular formula is C24H24N2S. The molecule has 0 amide bonds. The number of nitrogens with zero attached hydrogens (tertiary/aromatic N) is 1. The highest BCUT2D eigenvalue weighted by atomic mass is 32.2. The van der Waals surface area contributed by atoms with Crippen molar-refractivity contribution in [2.45, 2.75) is 4.75 Å². The van der Waals surface area contributed by atoms with Crippen molar-refractivity contribution in [1.82, 2.24) is 4.90 Å². The molecule has 27 heavy (non-hydrogen) atoms. The predicted molar refractivity (Wildman–Crippen MR) is 117 cm³/mol. The largest absolute Gasteiger partial charge is 0.363 e. The molecule has 0 saturated carbocycles. The molecule has 136 valence electrons. The summed E-state index contributed by atoms with van der Waals surface area (Å²) in [6.45, 7) is 0. The molecule has 0 aliphatic rings. The van der Waals surface area contributed by atoms with E-state index < -0.39 is 0 Å². The van der Waals surface area contributed by atoms with Gasteiger partial charge in [-0.3, -0.25) is 5.41 Å². The number of amidine groups is 1. The highest BCUT2D eigenvalue weighted by molar-refractivity contribution is 8.03. The van der Waals surface area contributed by atoms with Gasteiger partial charge in [0.05, 0.1) is 4.75 Å². The van der Waals surface area contributed by atoms with Gasteiger partial charge in [-0.15, -0.1) is 11.8 Å². The summed E-state index contributed by atoms with van der Waals surface area (Å²) in [5.41, 5.74) is 3.65. The van der Waals surface area contributed by atoms with Crippen molar-refractivity contribution in [3.8, 4) is 0 Å². The molecule has 0 fully saturated rings. The molecule has 0 spiro atoms. The molecule has 0 saturated heterocycles. The Balaban J connectivity index is 2.18. The second-order valence-corrected chi connectivity index (χ2v) is 7.60. The Hall–Kier alpha value is -2.78. The highest BCUT2D eigenvalue weighted by Gasteiger charge is 2.36. The fourth-order valence-electron chi connectivity index (χ4n) is 3.07. The smallest absolute Gasteiger partial charge is 0.120 e. The number of benzene rings is 3. The van der Waals surface area contributed by atoms with Gasteiger partial charge in [0, 0.05) is 14.1 Å². The fourth-order valence-corrected chi connectivity index (χ4v) is 4.29. The maximum Gasteiger partial charge on any atom is 0.120 e. The number of rotatable bonds is 6. The van der Waals surface area contributed by atoms with E-state index in [2.05, 4.69) is 72.8 Å². The van der Waals surface area contributed by atoms with Crippen LogP contribution >= 0.6 is 11.8 Å². The van der Waals surface area contributed by atoms with Crippen LogP contribution < -0.4 is 0 Å². The van der Waals surface area contributed by atoms with Gasteiger partial charge in [0.2, 0.25) is 0 Å². The first-order valence-electron chi connectivity index (χ1n) is 8.91. The molecule has 1 N–H and O–H groups in total. The van der Waals surface area contributed by atoms with Gasteiger partial charge in [0.25, 0.3) is 0 Å². The molecule has 0 aliphatic carbocycles. The van der Waals surface area contributed by atoms with E-state index in [0.717, 1.165) is 0 Å². The summed E-state index contributed by atoms with van der Waals surface area (Å²) in [6.07, 6.45) is 1.86. The minimum atomic E-state index is -0.382. The lowest BCUT2D eigenvalue weighted by atomic mass is 9.84. The van der Waals surface area contributed by atoms with Crippen LogP contribution in [0.5, 0.6) is 0 Å². The van der Waals surface area contributed by atoms with Crippen molar-refractivity contribution < 1.29 is 0 Å². The first-order chi connectivity index (χ1) is 13.1. The van der Waals surface area contributed by atoms with Crippen molar-refractivity contribution in [2.24, 2.45) is 0 Å². The number of likely N-dealkylation sites (N-methyl/N-ethyl adjacent to an activating group) is 1. The molecule has 2 nitrogen and oxygen atoms in total. The molecule has 0 unspecified atom stereocenters. The third-order valence-electron chi connectivity index (χ3n) is 4.49. The molecule has 3 rings (SSSR count). The minimum Gasteiger partial charge on any atom is -0.363 e. The van der Waals surface area contributed by atoms with Crippen LogP contribution in [0.25, 0.3) is 0 Å². The fraction of sp³-hybridized carbons (Fsp3) is 0.125. The average Bonchev–Trinajstić information content (AvgIpc) is 2.73. The van der Waals surface area contributed by atoms with Crippen LogP contribution in [-0.2, 0) is 4.75 Å². The van der Waals surface area contributed by atoms with Crippen LogP contribution in [0.2, 0.25) is 0 Å². The van der Waals surface area contributed by atoms with Gasteiger partial charge >= 0.3 is 0 Å². The maximum absolute atomic E-state index is 8.09. The van der Waals surface area contributed by atoms with Crippen LogP contribution in [0.1, 0.15) is 16.7 Å². The van der Waals surface area contributed by atoms with E-state index >= 15 is 0 Å². The number of hydrogen-bond donors (Lipinski definition) is 1. The van der Waals surface area contributed by atoms with Crippen LogP contribution in [0.15, 0.2) is 102 Å². The number of nitrogens with one attached hydrogen (secondary N) is 1. The summed E-state index contributed by atoms with van der Waals surface area (Å²) >= 11 is 1.73. The van der Waals surface area contributed by atoms with Gasteiger partial charge in [-0.25, -0.2) is 0 Å². The van der Waals surface area contributed by atoms with Gasteiger partial charge in [0.1, 0.15) is 5.84 Å². The Kier molecular flexibility index (Phi) is 6.15. The Bertz CT molecular complexity index is 791. The summed E-state index contributed by atoms with van der Waals surface area (Å²) in [7, 11) is 3.77. The first kappa shape index (κ1) is 19.0. The molecule has 0 aliphatic heterocycles. The van der Waals surface area contributed by atoms with Crippen LogP contribution in [0.3, 0.4) is 0 Å². The van der Waals surface area contributed by atoms with E-state index in [-0.39, 0.29) is 4.75 Å². The Labute approximate surface area is 166 Å². The molecule has 0 atom stereocenters. The summed E-state index contributed by atoms with van der Waals surface area (Å²) in [4.78, 5) is 1.80. The second-order valence-electron chi connectivity index (χ2n) is 6.48. The van der Waals surface area contributed by atoms with Gasteiger partial charge in [-0.05, 0) is 28.2 Å². The molecular weight excluding hydrogens is 348 g/mol. The van der Waals surface area contributed by atoms with E-state index in [1.165, 1.54) is 16.7 Å². The van der Waals surface area contributed by atoms with Crippen LogP contribution in [0.4, 0.5) is 0 Å². The number of hydrogen-bond acceptors (Lipinski definition) is 2. The predicted octanol–water partition coefficient (Wildman–Crippen LogP) is 5.76. The van der Waals surface area contributed by atoms with Crippen LogP contribution in [-0.4, -0.2) is 24.8 Å². The zero-order valence-corrected chi connectivity index (χ0v) is 16.5. The summed E-state index contributed by atoms with van der Waals surface area (Å²) in [5.74, 6) is 0.477. The van der Waals surface area contributed by atoms with Gasteiger partial charge in [0.15, 0.2) is 0 Å². The molecule has 3 aromatic rings. The standard InChI is InChI=1S/C24H24N2S/c1-26(2)23(25)18-19-27-24(20-12-6-3-7-13-20,21-14-8-4-9-15-21)22-16-10-5-11-17-22/h3-19,25H,1-2H3/b19-18+,25-23?. The van der Waals surface area contributed by atoms with Crippen LogP contribution in [0, 0.1) is 5.41 Å². The zero-order chi connectivity index (χ0) is 19.1. The number of thioether (sulfide) groups is 1. The van der Waals surface area contributed by atoms with E-state index in [4.69, 9.17) is 5.41 Å². The van der Waals surface area contributed by atoms with E-state index in [0.29, 0.717) is 5.84 Å². The van der Waals surface area contributed by atoms with E-state index in [1.807, 2.05) is 43.8 Å². The Morgan fingerprint density at radius 2 is 1.11 bits per heavy atom. The monoisotopic (exact) mass is 372 g/mol. The van der Waals surface area contributed by atoms with E-state index in [9.17, 15) is 0 Å². The molecule has 0 aromatic heterocycles. The quantitative estimate of drug-likeness (QED) is 0.338. The van der Waals surface area contributed by atoms with Crippen molar-refractivity contribution in [3.63, 3.8) is 0 Å². The molecule has 0 radical (unpaired) electrons. The Morgan fingerprint density at radius 1 is 0.741 bits per heavy atom. The lowest BCUT2D eigenvalue weighted by molar-refractivity contribution is 0.622. The summed E-state index contributed by atoms with van der Waals surface area (Å²) < 4.78 is -0.382. The van der Waals surface area contributed by atoms with Gasteiger partial charge < -0.3 is 4.90 Å². The van der Waals surface area contributed by atoms with Crippen molar-refractivity contribution in [3.05, 3.63) is 119 Å². The van der Waals surface area contributed by atoms with Gasteiger partial charge in [-0.1, -0.05) is 91.0 Å². The second kappa shape index (κ2) is 8.74. The summed E-state index contributed by atoms with van der Waals surface area (Å²) in [6, 6.07) is 31.7. The van der Waals surface area contributed by atoms with Crippen molar-refractivity contribution in [2.75, 3.05) is 14.1 Å². The molecule has 3 heteroatoms. The van der Waals surface area contributed by atoms with Gasteiger partial charge in [-0.2, -0.15) is 0 Å².